The largest absolute Gasteiger partial charge is 0.396 e. The maximum atomic E-state index is 9.21. The summed E-state index contributed by atoms with van der Waals surface area (Å²) < 4.78 is 0. The molecule has 21 heavy (non-hydrogen) atoms. The molecule has 2 nitrogen and oxygen atoms in total. The molecule has 0 bridgehead atoms. The number of hydrogen-bond donors (Lipinski definition) is 1. The fourth-order valence-electron chi connectivity index (χ4n) is 2.53. The topological polar surface area (TPSA) is 33.1 Å². The van der Waals surface area contributed by atoms with E-state index in [2.05, 4.69) is 23.2 Å². The van der Waals surface area contributed by atoms with Gasteiger partial charge in [-0.2, -0.15) is 0 Å². The van der Waals surface area contributed by atoms with E-state index in [9.17, 15) is 5.11 Å². The summed E-state index contributed by atoms with van der Waals surface area (Å²) in [6, 6.07) is 12.5. The lowest BCUT2D eigenvalue weighted by molar-refractivity contribution is 0.232. The third-order valence-corrected chi connectivity index (χ3v) is 3.44. The van der Waals surface area contributed by atoms with Crippen molar-refractivity contribution in [2.45, 2.75) is 40.5 Å². The molecule has 0 aliphatic heterocycles. The SMILES string of the molecule is CC.CC.OCC1Cc2ccc(-c3ccccn3)cc2C1. The number of hydrogen-bond acceptors (Lipinski definition) is 2. The Balaban J connectivity index is 0.000000510. The first kappa shape index (κ1) is 17.4. The number of fused-ring (bicyclic) bond motifs is 1. The van der Waals surface area contributed by atoms with Crippen LogP contribution >= 0.6 is 0 Å². The molecule has 1 aliphatic carbocycles. The van der Waals surface area contributed by atoms with Crippen molar-refractivity contribution in [3.8, 4) is 11.3 Å². The zero-order valence-electron chi connectivity index (χ0n) is 13.6. The molecule has 0 amide bonds. The summed E-state index contributed by atoms with van der Waals surface area (Å²) in [5.41, 5.74) is 4.93. The second kappa shape index (κ2) is 9.30. The Kier molecular flexibility index (Phi) is 7.70. The summed E-state index contributed by atoms with van der Waals surface area (Å²) in [6.45, 7) is 8.29. The Labute approximate surface area is 128 Å². The Morgan fingerprint density at radius 2 is 1.71 bits per heavy atom. The minimum absolute atomic E-state index is 0.285. The molecule has 3 rings (SSSR count). The third kappa shape index (κ3) is 4.40. The van der Waals surface area contributed by atoms with Crippen molar-refractivity contribution in [1.29, 1.82) is 0 Å². The molecule has 0 saturated heterocycles. The van der Waals surface area contributed by atoms with Crippen molar-refractivity contribution >= 4 is 0 Å². The van der Waals surface area contributed by atoms with E-state index in [4.69, 9.17) is 0 Å². The van der Waals surface area contributed by atoms with Gasteiger partial charge in [0.1, 0.15) is 0 Å². The summed E-state index contributed by atoms with van der Waals surface area (Å²) >= 11 is 0. The summed E-state index contributed by atoms with van der Waals surface area (Å²) in [4.78, 5) is 4.36. The summed E-state index contributed by atoms with van der Waals surface area (Å²) in [6.07, 6.45) is 3.82. The van der Waals surface area contributed by atoms with E-state index in [1.165, 1.54) is 16.7 Å². The average molecular weight is 285 g/mol. The molecule has 114 valence electrons. The first-order valence-electron chi connectivity index (χ1n) is 8.01. The monoisotopic (exact) mass is 285 g/mol. The number of aromatic nitrogens is 1. The molecule has 1 aromatic heterocycles. The van der Waals surface area contributed by atoms with Crippen LogP contribution in [0.1, 0.15) is 38.8 Å². The van der Waals surface area contributed by atoms with Crippen LogP contribution in [0.3, 0.4) is 0 Å². The molecule has 2 heteroatoms. The quantitative estimate of drug-likeness (QED) is 0.880. The minimum Gasteiger partial charge on any atom is -0.396 e. The average Bonchev–Trinajstić information content (AvgIpc) is 3.01. The number of pyridine rings is 1. The summed E-state index contributed by atoms with van der Waals surface area (Å²) in [7, 11) is 0. The molecular formula is C19H27NO. The minimum atomic E-state index is 0.285. The van der Waals surface area contributed by atoms with Gasteiger partial charge in [0, 0.05) is 18.4 Å². The van der Waals surface area contributed by atoms with Crippen molar-refractivity contribution in [3.05, 3.63) is 53.7 Å². The maximum Gasteiger partial charge on any atom is 0.0702 e. The molecule has 0 spiro atoms. The predicted molar refractivity (Wildman–Crippen MR) is 90.4 cm³/mol. The molecule has 0 radical (unpaired) electrons. The highest BCUT2D eigenvalue weighted by atomic mass is 16.3. The van der Waals surface area contributed by atoms with Gasteiger partial charge in [0.25, 0.3) is 0 Å². The lowest BCUT2D eigenvalue weighted by Gasteiger charge is -2.03. The lowest BCUT2D eigenvalue weighted by Crippen LogP contribution is -2.04. The van der Waals surface area contributed by atoms with Gasteiger partial charge < -0.3 is 5.11 Å². The molecule has 2 aromatic rings. The molecular weight excluding hydrogens is 258 g/mol. The van der Waals surface area contributed by atoms with Gasteiger partial charge in [-0.05, 0) is 48.1 Å². The third-order valence-electron chi connectivity index (χ3n) is 3.44. The standard InChI is InChI=1S/C15H15NO.2C2H6/c17-10-11-7-12-4-5-13(9-14(12)8-11)15-3-1-2-6-16-15;2*1-2/h1-6,9,11,17H,7-8,10H2;2*1-2H3. The van der Waals surface area contributed by atoms with Gasteiger partial charge in [0.05, 0.1) is 5.69 Å². The normalized spacial score (nSPS) is 15.2. The number of nitrogens with zero attached hydrogens (tertiary/aromatic N) is 1. The first-order chi connectivity index (χ1) is 10.4. The van der Waals surface area contributed by atoms with Crippen LogP contribution in [0.25, 0.3) is 11.3 Å². The summed E-state index contributed by atoms with van der Waals surface area (Å²) in [5.74, 6) is 0.406. The molecule has 1 N–H and O–H groups in total. The highest BCUT2D eigenvalue weighted by Crippen LogP contribution is 2.30. The molecule has 1 aromatic carbocycles. The molecule has 1 unspecified atom stereocenters. The maximum absolute atomic E-state index is 9.21. The zero-order chi connectivity index (χ0) is 15.7. The van der Waals surface area contributed by atoms with E-state index in [1.807, 2.05) is 52.1 Å². The number of rotatable bonds is 2. The van der Waals surface area contributed by atoms with Gasteiger partial charge in [-0.25, -0.2) is 0 Å². The van der Waals surface area contributed by atoms with Gasteiger partial charge in [-0.3, -0.25) is 4.98 Å². The number of aliphatic hydroxyl groups excluding tert-OH is 1. The number of aliphatic hydroxyl groups is 1. The van der Waals surface area contributed by atoms with Crippen molar-refractivity contribution in [2.24, 2.45) is 5.92 Å². The van der Waals surface area contributed by atoms with Crippen LogP contribution in [-0.4, -0.2) is 16.7 Å². The Bertz CT molecular complexity index is 522. The van der Waals surface area contributed by atoms with E-state index in [0.717, 1.165) is 18.5 Å². The van der Waals surface area contributed by atoms with E-state index < -0.39 is 0 Å². The van der Waals surface area contributed by atoms with Crippen LogP contribution in [0, 0.1) is 5.92 Å². The second-order valence-electron chi connectivity index (χ2n) is 4.66. The molecule has 0 fully saturated rings. The van der Waals surface area contributed by atoms with Gasteiger partial charge in [-0.15, -0.1) is 0 Å². The van der Waals surface area contributed by atoms with Crippen LogP contribution in [0.4, 0.5) is 0 Å². The second-order valence-corrected chi connectivity index (χ2v) is 4.66. The van der Waals surface area contributed by atoms with Gasteiger partial charge in [0.15, 0.2) is 0 Å². The van der Waals surface area contributed by atoms with E-state index in [0.29, 0.717) is 5.92 Å². The molecule has 1 aliphatic rings. The highest BCUT2D eigenvalue weighted by Gasteiger charge is 2.20. The number of benzene rings is 1. The zero-order valence-corrected chi connectivity index (χ0v) is 13.6. The van der Waals surface area contributed by atoms with Crippen molar-refractivity contribution in [2.75, 3.05) is 6.61 Å². The molecule has 1 atom stereocenters. The van der Waals surface area contributed by atoms with Gasteiger partial charge in [-0.1, -0.05) is 45.9 Å². The fourth-order valence-corrected chi connectivity index (χ4v) is 2.53. The fraction of sp³-hybridized carbons (Fsp3) is 0.421. The van der Waals surface area contributed by atoms with Crippen LogP contribution in [0.15, 0.2) is 42.6 Å². The van der Waals surface area contributed by atoms with Crippen molar-refractivity contribution in [1.82, 2.24) is 4.98 Å². The van der Waals surface area contributed by atoms with E-state index in [1.54, 1.807) is 0 Å². The van der Waals surface area contributed by atoms with Crippen LogP contribution < -0.4 is 0 Å². The van der Waals surface area contributed by atoms with Crippen LogP contribution in [-0.2, 0) is 12.8 Å². The summed E-state index contributed by atoms with van der Waals surface area (Å²) in [5, 5.41) is 9.21. The Morgan fingerprint density at radius 3 is 2.33 bits per heavy atom. The van der Waals surface area contributed by atoms with Crippen LogP contribution in [0.5, 0.6) is 0 Å². The Hall–Kier alpha value is -1.67. The van der Waals surface area contributed by atoms with Crippen molar-refractivity contribution in [3.63, 3.8) is 0 Å². The smallest absolute Gasteiger partial charge is 0.0702 e. The predicted octanol–water partition coefficient (Wildman–Crippen LogP) is 4.51. The van der Waals surface area contributed by atoms with E-state index >= 15 is 0 Å². The van der Waals surface area contributed by atoms with Crippen LogP contribution in [0.2, 0.25) is 0 Å². The van der Waals surface area contributed by atoms with E-state index in [-0.39, 0.29) is 6.61 Å². The Morgan fingerprint density at radius 1 is 1.00 bits per heavy atom. The van der Waals surface area contributed by atoms with Gasteiger partial charge >= 0.3 is 0 Å². The molecule has 0 saturated carbocycles. The highest BCUT2D eigenvalue weighted by molar-refractivity contribution is 5.61. The van der Waals surface area contributed by atoms with Crippen molar-refractivity contribution < 1.29 is 5.11 Å². The lowest BCUT2D eigenvalue weighted by atomic mass is 10.0. The molecule has 1 heterocycles. The van der Waals surface area contributed by atoms with Gasteiger partial charge in [0.2, 0.25) is 0 Å². The first-order valence-corrected chi connectivity index (χ1v) is 8.01.